The number of hydrazine groups is 1. The first kappa shape index (κ1) is 18.2. The number of rotatable bonds is 3. The zero-order chi connectivity index (χ0) is 19.9. The maximum absolute atomic E-state index is 12.7. The molecule has 0 saturated heterocycles. The highest BCUT2D eigenvalue weighted by molar-refractivity contribution is 6.31. The summed E-state index contributed by atoms with van der Waals surface area (Å²) < 4.78 is 38.0. The fourth-order valence-electron chi connectivity index (χ4n) is 2.93. The average Bonchev–Trinajstić information content (AvgIpc) is 2.95. The van der Waals surface area contributed by atoms with Crippen LogP contribution in [0.5, 0.6) is 0 Å². The number of benzene rings is 1. The standard InChI is InChI=1S/C18H13ClF3N5O/c19-10-2-3-12-11(7-10)15-13(5-6-23-17(28)16(15)25-12)26-27-14-4-1-9(8-24-14)18(20,21)22/h1-5,7-8,25-26H,6H2,(H,23,28)(H,24,27). The van der Waals surface area contributed by atoms with Crippen molar-refractivity contribution in [2.24, 2.45) is 0 Å². The van der Waals surface area contributed by atoms with E-state index < -0.39 is 11.7 Å². The van der Waals surface area contributed by atoms with Gasteiger partial charge in [0.1, 0.15) is 11.5 Å². The molecule has 0 unspecified atom stereocenters. The topological polar surface area (TPSA) is 81.8 Å². The lowest BCUT2D eigenvalue weighted by Crippen LogP contribution is -2.22. The van der Waals surface area contributed by atoms with Crippen LogP contribution < -0.4 is 16.2 Å². The molecule has 0 radical (unpaired) electrons. The number of pyridine rings is 1. The third-order valence-electron chi connectivity index (χ3n) is 4.24. The summed E-state index contributed by atoms with van der Waals surface area (Å²) >= 11 is 6.10. The van der Waals surface area contributed by atoms with Gasteiger partial charge in [0.25, 0.3) is 5.91 Å². The second-order valence-corrected chi connectivity index (χ2v) is 6.51. The highest BCUT2D eigenvalue weighted by atomic mass is 35.5. The fourth-order valence-corrected chi connectivity index (χ4v) is 3.10. The van der Waals surface area contributed by atoms with Crippen molar-refractivity contribution in [2.45, 2.75) is 6.18 Å². The van der Waals surface area contributed by atoms with E-state index in [0.717, 1.165) is 23.2 Å². The second-order valence-electron chi connectivity index (χ2n) is 6.07. The molecule has 144 valence electrons. The number of nitrogens with zero attached hydrogens (tertiary/aromatic N) is 1. The number of amides is 1. The predicted molar refractivity (Wildman–Crippen MR) is 99.6 cm³/mol. The van der Waals surface area contributed by atoms with Crippen molar-refractivity contribution < 1.29 is 18.0 Å². The minimum absolute atomic E-state index is 0.192. The Morgan fingerprint density at radius 1 is 1.14 bits per heavy atom. The van der Waals surface area contributed by atoms with Crippen molar-refractivity contribution in [3.8, 4) is 0 Å². The third-order valence-corrected chi connectivity index (χ3v) is 4.48. The van der Waals surface area contributed by atoms with Crippen LogP contribution in [0, 0.1) is 0 Å². The van der Waals surface area contributed by atoms with E-state index in [1.54, 1.807) is 24.3 Å². The van der Waals surface area contributed by atoms with Crippen molar-refractivity contribution >= 4 is 39.9 Å². The van der Waals surface area contributed by atoms with E-state index in [1.807, 2.05) is 0 Å². The van der Waals surface area contributed by atoms with Crippen LogP contribution >= 0.6 is 11.6 Å². The normalized spacial score (nSPS) is 14.1. The molecule has 2 aromatic heterocycles. The van der Waals surface area contributed by atoms with Gasteiger partial charge in [0.15, 0.2) is 0 Å². The Hall–Kier alpha value is -3.20. The largest absolute Gasteiger partial charge is 0.417 e. The molecule has 1 amide bonds. The van der Waals surface area contributed by atoms with Crippen molar-refractivity contribution in [3.05, 3.63) is 64.4 Å². The third kappa shape index (κ3) is 3.36. The minimum Gasteiger partial charge on any atom is -0.350 e. The Labute approximate surface area is 161 Å². The fraction of sp³-hybridized carbons (Fsp3) is 0.111. The molecule has 0 spiro atoms. The van der Waals surface area contributed by atoms with E-state index in [2.05, 4.69) is 26.1 Å². The van der Waals surface area contributed by atoms with Gasteiger partial charge in [-0.25, -0.2) is 4.98 Å². The molecule has 0 aliphatic carbocycles. The van der Waals surface area contributed by atoms with Gasteiger partial charge >= 0.3 is 6.18 Å². The van der Waals surface area contributed by atoms with Crippen LogP contribution in [0.15, 0.2) is 42.6 Å². The molecule has 4 N–H and O–H groups in total. The van der Waals surface area contributed by atoms with Crippen LogP contribution in [0.3, 0.4) is 0 Å². The number of carbonyl (C=O) groups is 1. The van der Waals surface area contributed by atoms with E-state index in [1.165, 1.54) is 6.07 Å². The van der Waals surface area contributed by atoms with Crippen LogP contribution in [0.4, 0.5) is 19.0 Å². The SMILES string of the molecule is O=C1NCC=C(NNc2ccc(C(F)(F)F)cn2)c2c1[nH]c1ccc(Cl)cc21. The highest BCUT2D eigenvalue weighted by Crippen LogP contribution is 2.31. The van der Waals surface area contributed by atoms with Crippen LogP contribution in [0.25, 0.3) is 16.6 Å². The summed E-state index contributed by atoms with van der Waals surface area (Å²) in [4.78, 5) is 19.2. The van der Waals surface area contributed by atoms with E-state index in [9.17, 15) is 18.0 Å². The highest BCUT2D eigenvalue weighted by Gasteiger charge is 2.30. The summed E-state index contributed by atoms with van der Waals surface area (Å²) in [5, 5.41) is 3.99. The maximum atomic E-state index is 12.7. The van der Waals surface area contributed by atoms with Gasteiger partial charge in [-0.05, 0) is 36.4 Å². The number of hydrogen-bond donors (Lipinski definition) is 4. The van der Waals surface area contributed by atoms with Gasteiger partial charge in [0.05, 0.1) is 11.3 Å². The first-order valence-electron chi connectivity index (χ1n) is 8.18. The molecule has 6 nitrogen and oxygen atoms in total. The van der Waals surface area contributed by atoms with Gasteiger partial charge in [-0.15, -0.1) is 0 Å². The summed E-state index contributed by atoms with van der Waals surface area (Å²) in [5.41, 5.74) is 7.10. The molecular formula is C18H13ClF3N5O. The molecule has 28 heavy (non-hydrogen) atoms. The van der Waals surface area contributed by atoms with Crippen molar-refractivity contribution in [1.82, 2.24) is 20.7 Å². The second kappa shape index (κ2) is 6.75. The lowest BCUT2D eigenvalue weighted by Gasteiger charge is -2.13. The van der Waals surface area contributed by atoms with Gasteiger partial charge in [-0.2, -0.15) is 13.2 Å². The molecule has 1 aromatic carbocycles. The van der Waals surface area contributed by atoms with Crippen LogP contribution in [-0.2, 0) is 6.18 Å². The number of aromatic nitrogens is 2. The summed E-state index contributed by atoms with van der Waals surface area (Å²) in [5.74, 6) is -0.0834. The Morgan fingerprint density at radius 2 is 1.96 bits per heavy atom. The average molecular weight is 408 g/mol. The zero-order valence-electron chi connectivity index (χ0n) is 14.1. The van der Waals surface area contributed by atoms with Crippen molar-refractivity contribution in [1.29, 1.82) is 0 Å². The molecule has 10 heteroatoms. The molecule has 1 aliphatic heterocycles. The summed E-state index contributed by atoms with van der Waals surface area (Å²) in [6.07, 6.45) is -1.96. The van der Waals surface area contributed by atoms with Crippen molar-refractivity contribution in [2.75, 3.05) is 12.0 Å². The Bertz CT molecular complexity index is 1090. The minimum atomic E-state index is -4.45. The molecule has 0 saturated carbocycles. The van der Waals surface area contributed by atoms with E-state index in [4.69, 9.17) is 11.6 Å². The number of hydrogen-bond acceptors (Lipinski definition) is 4. The summed E-state index contributed by atoms with van der Waals surface area (Å²) in [7, 11) is 0. The van der Waals surface area contributed by atoms with E-state index >= 15 is 0 Å². The van der Waals surface area contributed by atoms with Gasteiger partial charge in [0.2, 0.25) is 0 Å². The summed E-state index contributed by atoms with van der Waals surface area (Å²) in [6, 6.07) is 7.35. The lowest BCUT2D eigenvalue weighted by atomic mass is 10.1. The number of aromatic amines is 1. The van der Waals surface area contributed by atoms with Crippen LogP contribution in [-0.4, -0.2) is 22.4 Å². The first-order chi connectivity index (χ1) is 13.3. The van der Waals surface area contributed by atoms with Crippen molar-refractivity contribution in [3.63, 3.8) is 0 Å². The van der Waals surface area contributed by atoms with Crippen LogP contribution in [0.2, 0.25) is 5.02 Å². The van der Waals surface area contributed by atoms with Gasteiger partial charge in [-0.3, -0.25) is 15.6 Å². The summed E-state index contributed by atoms with van der Waals surface area (Å²) in [6.45, 7) is 0.272. The zero-order valence-corrected chi connectivity index (χ0v) is 14.9. The van der Waals surface area contributed by atoms with E-state index in [0.29, 0.717) is 22.0 Å². The smallest absolute Gasteiger partial charge is 0.350 e. The van der Waals surface area contributed by atoms with Crippen LogP contribution in [0.1, 0.15) is 21.6 Å². The molecule has 4 rings (SSSR count). The molecule has 1 aliphatic rings. The first-order valence-corrected chi connectivity index (χ1v) is 8.56. The van der Waals surface area contributed by atoms with Gasteiger partial charge in [-0.1, -0.05) is 11.6 Å². The Balaban J connectivity index is 1.65. The van der Waals surface area contributed by atoms with E-state index in [-0.39, 0.29) is 18.3 Å². The number of anilines is 1. The number of halogens is 4. The number of nitrogens with one attached hydrogen (secondary N) is 4. The number of alkyl halides is 3. The molecule has 3 heterocycles. The molecule has 0 fully saturated rings. The molecule has 0 atom stereocenters. The Morgan fingerprint density at radius 3 is 2.68 bits per heavy atom. The maximum Gasteiger partial charge on any atom is 0.417 e. The predicted octanol–water partition coefficient (Wildman–Crippen LogP) is 3.94. The molecular weight excluding hydrogens is 395 g/mol. The number of H-pyrrole nitrogens is 1. The quantitative estimate of drug-likeness (QED) is 0.496. The lowest BCUT2D eigenvalue weighted by molar-refractivity contribution is -0.137. The molecule has 3 aromatic rings. The Kier molecular flexibility index (Phi) is 4.38. The molecule has 0 bridgehead atoms. The van der Waals surface area contributed by atoms with Gasteiger partial charge < -0.3 is 10.3 Å². The number of carbonyl (C=O) groups excluding carboxylic acids is 1. The monoisotopic (exact) mass is 407 g/mol. The van der Waals surface area contributed by atoms with Gasteiger partial charge in [0, 0.05) is 34.2 Å². The number of fused-ring (bicyclic) bond motifs is 3.